The van der Waals surface area contributed by atoms with E-state index in [0.29, 0.717) is 0 Å². The second-order valence-electron chi connectivity index (χ2n) is 9.23. The SMILES string of the molecule is CC(C)(C)C(O)O.CC(C)(C)C(O)O.CC[PH+](CC)CC.CC[PH+](CC)CC.[Cl][Mo]#[Mo][Cl]. The molecule has 4 nitrogen and oxygen atoms in total. The molecular weight excluding hydrogens is 653 g/mol. The van der Waals surface area contributed by atoms with Crippen molar-refractivity contribution in [2.75, 3.05) is 37.0 Å². The molecule has 0 atom stereocenters. The van der Waals surface area contributed by atoms with Crippen molar-refractivity contribution in [2.45, 2.75) is 95.7 Å². The molecule has 0 aromatic heterocycles. The van der Waals surface area contributed by atoms with Crippen LogP contribution < -0.4 is 0 Å². The molecule has 202 valence electrons. The van der Waals surface area contributed by atoms with Gasteiger partial charge in [0.1, 0.15) is 0 Å². The van der Waals surface area contributed by atoms with Gasteiger partial charge in [-0.1, -0.05) is 41.5 Å². The third kappa shape index (κ3) is 42.8. The molecule has 32 heavy (non-hydrogen) atoms. The molecule has 0 saturated carbocycles. The van der Waals surface area contributed by atoms with Crippen LogP contribution in [-0.2, 0) is 27.3 Å². The maximum atomic E-state index is 8.44. The molecule has 0 amide bonds. The summed E-state index contributed by atoms with van der Waals surface area (Å²) in [4.78, 5) is 0. The van der Waals surface area contributed by atoms with E-state index in [-0.39, 0.29) is 54.0 Å². The summed E-state index contributed by atoms with van der Waals surface area (Å²) in [5.41, 5.74) is -0.778. The Morgan fingerprint density at radius 3 is 0.656 bits per heavy atom. The predicted molar refractivity (Wildman–Crippen MR) is 147 cm³/mol. The van der Waals surface area contributed by atoms with Crippen molar-refractivity contribution in [1.82, 2.24) is 0 Å². The van der Waals surface area contributed by atoms with Crippen LogP contribution in [0.3, 0.4) is 0 Å². The second-order valence-corrected chi connectivity index (χ2v) is 29.6. The Bertz CT molecular complexity index is 368. The predicted octanol–water partition coefficient (Wildman–Crippen LogP) is 6.58. The van der Waals surface area contributed by atoms with E-state index in [1.165, 1.54) is 37.0 Å². The van der Waals surface area contributed by atoms with Crippen molar-refractivity contribution in [2.24, 2.45) is 10.8 Å². The average Bonchev–Trinajstić information content (AvgIpc) is 2.71. The number of hydrogen-bond acceptors (Lipinski definition) is 4. The summed E-state index contributed by atoms with van der Waals surface area (Å²) >= 11 is -0.301. The summed E-state index contributed by atoms with van der Waals surface area (Å²) < 4.78 is 0. The molecule has 0 fully saturated rings. The summed E-state index contributed by atoms with van der Waals surface area (Å²) in [6.07, 6.45) is 6.33. The van der Waals surface area contributed by atoms with Crippen LogP contribution in [0.4, 0.5) is 0 Å². The molecule has 0 saturated heterocycles. The van der Waals surface area contributed by atoms with Gasteiger partial charge >= 0.3 is 46.1 Å². The first-order valence-corrected chi connectivity index (χ1v) is 26.5. The minimum absolute atomic E-state index is 0.137. The zero-order chi connectivity index (χ0) is 27.0. The summed E-state index contributed by atoms with van der Waals surface area (Å²) in [6, 6.07) is 0. The Balaban J connectivity index is -0.0000000960. The fourth-order valence-electron chi connectivity index (χ4n) is 1.50. The van der Waals surface area contributed by atoms with Gasteiger partial charge in [0.25, 0.3) is 0 Å². The molecule has 0 heterocycles. The number of aliphatic hydroxyl groups is 4. The minimum atomic E-state index is -1.20. The molecule has 0 aromatic rings. The van der Waals surface area contributed by atoms with E-state index in [2.05, 4.69) is 41.5 Å². The van der Waals surface area contributed by atoms with Crippen molar-refractivity contribution in [3.63, 3.8) is 0 Å². The zero-order valence-corrected chi connectivity index (χ0v) is 30.3. The van der Waals surface area contributed by atoms with Crippen LogP contribution in [-0.4, -0.2) is 70.0 Å². The molecule has 0 unspecified atom stereocenters. The van der Waals surface area contributed by atoms with E-state index in [4.69, 9.17) is 39.3 Å². The van der Waals surface area contributed by atoms with Crippen LogP contribution in [0, 0.1) is 10.8 Å². The third-order valence-electron chi connectivity index (χ3n) is 4.57. The van der Waals surface area contributed by atoms with Crippen molar-refractivity contribution in [1.29, 1.82) is 0 Å². The molecule has 0 rings (SSSR count). The number of halogens is 2. The van der Waals surface area contributed by atoms with Crippen LogP contribution in [0.5, 0.6) is 0 Å². The van der Waals surface area contributed by atoms with Gasteiger partial charge in [-0.3, -0.25) is 0 Å². The van der Waals surface area contributed by atoms with Gasteiger partial charge < -0.3 is 20.4 Å². The van der Waals surface area contributed by atoms with Gasteiger partial charge in [-0.25, -0.2) is 0 Å². The number of hydrogen-bond donors (Lipinski definition) is 4. The molecule has 0 aromatic carbocycles. The Labute approximate surface area is 224 Å². The summed E-state index contributed by atoms with van der Waals surface area (Å²) in [5, 5.41) is 33.8. The summed E-state index contributed by atoms with van der Waals surface area (Å²) in [7, 11) is 10.8. The van der Waals surface area contributed by atoms with E-state index in [1.807, 2.05) is 0 Å². The Morgan fingerprint density at radius 1 is 0.531 bits per heavy atom. The van der Waals surface area contributed by atoms with Gasteiger partial charge in [0.15, 0.2) is 12.6 Å². The normalized spacial score (nSPS) is 10.8. The van der Waals surface area contributed by atoms with Gasteiger partial charge in [-0.2, -0.15) is 0 Å². The fourth-order valence-corrected chi connectivity index (χ4v) is 4.50. The van der Waals surface area contributed by atoms with Gasteiger partial charge in [0, 0.05) is 10.8 Å². The van der Waals surface area contributed by atoms with Crippen molar-refractivity contribution >= 4 is 34.7 Å². The van der Waals surface area contributed by atoms with E-state index < -0.39 is 12.6 Å². The zero-order valence-electron chi connectivity index (χ0n) is 22.8. The molecule has 0 bridgehead atoms. The van der Waals surface area contributed by atoms with E-state index in [1.54, 1.807) is 41.5 Å². The number of rotatable bonds is 6. The topological polar surface area (TPSA) is 80.9 Å². The Hall–Kier alpha value is 2.66. The van der Waals surface area contributed by atoms with Crippen molar-refractivity contribution < 1.29 is 47.7 Å². The first-order chi connectivity index (χ1) is 14.5. The van der Waals surface area contributed by atoms with Crippen LogP contribution in [0.1, 0.15) is 83.1 Å². The van der Waals surface area contributed by atoms with Gasteiger partial charge in [-0.15, -0.1) is 0 Å². The van der Waals surface area contributed by atoms with Gasteiger partial charge in [0.05, 0.1) is 37.0 Å². The van der Waals surface area contributed by atoms with Gasteiger partial charge in [0.2, 0.25) is 0 Å². The van der Waals surface area contributed by atoms with Crippen molar-refractivity contribution in [3.8, 4) is 0 Å². The maximum absolute atomic E-state index is 8.44. The van der Waals surface area contributed by atoms with Crippen molar-refractivity contribution in [3.05, 3.63) is 0 Å². The van der Waals surface area contributed by atoms with Crippen LogP contribution in [0.25, 0.3) is 0 Å². The second kappa shape index (κ2) is 29.9. The molecular formula is C22H56Cl2Mo2O4P2+2. The first-order valence-electron chi connectivity index (χ1n) is 11.4. The quantitative estimate of drug-likeness (QED) is 0.143. The van der Waals surface area contributed by atoms with Crippen LogP contribution in [0.15, 0.2) is 0 Å². The molecule has 0 aliphatic carbocycles. The molecule has 0 radical (unpaired) electrons. The number of aliphatic hydroxyl groups excluding tert-OH is 2. The van der Waals surface area contributed by atoms with E-state index >= 15 is 0 Å². The average molecular weight is 709 g/mol. The molecule has 4 N–H and O–H groups in total. The molecule has 0 aliphatic heterocycles. The van der Waals surface area contributed by atoms with E-state index in [0.717, 1.165) is 0 Å². The summed E-state index contributed by atoms with van der Waals surface area (Å²) in [6.45, 7) is 24.4. The van der Waals surface area contributed by atoms with Gasteiger partial charge in [-0.05, 0) is 57.4 Å². The molecule has 0 aliphatic rings. The van der Waals surface area contributed by atoms with Crippen LogP contribution >= 0.6 is 34.7 Å². The van der Waals surface area contributed by atoms with Crippen LogP contribution in [0.2, 0.25) is 0 Å². The molecule has 0 spiro atoms. The fraction of sp³-hybridized carbons (Fsp3) is 1.00. The Morgan fingerprint density at radius 2 is 0.656 bits per heavy atom. The molecule has 10 heteroatoms. The summed E-state index contributed by atoms with van der Waals surface area (Å²) in [5.74, 6) is 0. The van der Waals surface area contributed by atoms with E-state index in [9.17, 15) is 0 Å². The monoisotopic (exact) mass is 712 g/mol. The Kier molecular flexibility index (Phi) is 41.7. The standard InChI is InChI=1S/2C6H15P.2C5H12O2.2ClH.2Mo/c2*1-4-7(5-2)6-3;2*1-5(2,3)4(6)7;;;;/h2*4-6H2,1-3H3;2*4,6-7H,1-3H3;2*1H;;/q;;;;;;2*+1. The third-order valence-corrected chi connectivity index (χ3v) is 18.0. The first kappa shape index (κ1) is 44.6.